The molecule has 0 bridgehead atoms. The summed E-state index contributed by atoms with van der Waals surface area (Å²) in [5.41, 5.74) is 2.10. The Balaban J connectivity index is 1.53. The van der Waals surface area contributed by atoms with E-state index < -0.39 is 0 Å². The molecular formula is C18H22N4OS. The average molecular weight is 342 g/mol. The summed E-state index contributed by atoms with van der Waals surface area (Å²) >= 11 is 1.77. The number of nitrogens with zero attached hydrogens (tertiary/aromatic N) is 1. The van der Waals surface area contributed by atoms with Gasteiger partial charge in [0.2, 0.25) is 5.91 Å². The topological polar surface area (TPSA) is 65.5 Å². The predicted molar refractivity (Wildman–Crippen MR) is 99.8 cm³/mol. The number of anilines is 1. The third kappa shape index (κ3) is 4.14. The second-order valence-electron chi connectivity index (χ2n) is 5.75. The highest BCUT2D eigenvalue weighted by Gasteiger charge is 2.24. The number of carbonyl (C=O) groups is 1. The fourth-order valence-electron chi connectivity index (χ4n) is 2.88. The maximum absolute atomic E-state index is 11.9. The Morgan fingerprint density at radius 3 is 2.96 bits per heavy atom. The number of hydrogen-bond acceptors (Lipinski definition) is 3. The number of fused-ring (bicyclic) bond motifs is 1. The Morgan fingerprint density at radius 2 is 2.17 bits per heavy atom. The van der Waals surface area contributed by atoms with E-state index in [0.717, 1.165) is 24.6 Å². The van der Waals surface area contributed by atoms with Crippen molar-refractivity contribution in [2.45, 2.75) is 18.8 Å². The van der Waals surface area contributed by atoms with Gasteiger partial charge >= 0.3 is 0 Å². The van der Waals surface area contributed by atoms with Crippen molar-refractivity contribution in [3.05, 3.63) is 52.2 Å². The van der Waals surface area contributed by atoms with E-state index in [9.17, 15) is 4.79 Å². The molecule has 0 aliphatic carbocycles. The smallest absolute Gasteiger partial charge is 0.225 e. The molecule has 126 valence electrons. The number of benzene rings is 1. The molecule has 1 unspecified atom stereocenters. The largest absolute Gasteiger partial charge is 0.356 e. The van der Waals surface area contributed by atoms with Gasteiger partial charge < -0.3 is 16.0 Å². The van der Waals surface area contributed by atoms with E-state index in [-0.39, 0.29) is 11.8 Å². The second kappa shape index (κ2) is 7.97. The molecule has 24 heavy (non-hydrogen) atoms. The van der Waals surface area contributed by atoms with Gasteiger partial charge in [-0.05, 0) is 29.5 Å². The number of aliphatic imine (C=N–C) groups is 1. The summed E-state index contributed by atoms with van der Waals surface area (Å²) < 4.78 is 0. The zero-order chi connectivity index (χ0) is 16.8. The second-order valence-corrected chi connectivity index (χ2v) is 6.78. The van der Waals surface area contributed by atoms with Gasteiger partial charge in [-0.15, -0.1) is 11.3 Å². The van der Waals surface area contributed by atoms with Gasteiger partial charge in [0.15, 0.2) is 5.96 Å². The highest BCUT2D eigenvalue weighted by Crippen LogP contribution is 2.31. The van der Waals surface area contributed by atoms with Crippen LogP contribution in [0, 0.1) is 0 Å². The van der Waals surface area contributed by atoms with E-state index in [1.54, 1.807) is 18.4 Å². The maximum atomic E-state index is 11.9. The number of carbonyl (C=O) groups excluding carboxylic acids is 1. The van der Waals surface area contributed by atoms with Crippen LogP contribution in [-0.4, -0.2) is 32.0 Å². The van der Waals surface area contributed by atoms with E-state index in [4.69, 9.17) is 0 Å². The average Bonchev–Trinajstić information content (AvgIpc) is 3.11. The molecule has 1 aliphatic heterocycles. The van der Waals surface area contributed by atoms with Crippen LogP contribution in [0.5, 0.6) is 0 Å². The normalized spacial score (nSPS) is 17.1. The molecule has 1 aromatic carbocycles. The molecular weight excluding hydrogens is 320 g/mol. The van der Waals surface area contributed by atoms with Crippen molar-refractivity contribution in [1.82, 2.24) is 10.6 Å². The van der Waals surface area contributed by atoms with Crippen molar-refractivity contribution < 1.29 is 4.79 Å². The van der Waals surface area contributed by atoms with Gasteiger partial charge in [0.05, 0.1) is 0 Å². The summed E-state index contributed by atoms with van der Waals surface area (Å²) in [5.74, 6) is 1.00. The molecule has 3 rings (SSSR count). The summed E-state index contributed by atoms with van der Waals surface area (Å²) in [7, 11) is 1.77. The Labute approximate surface area is 146 Å². The molecule has 1 aromatic heterocycles. The minimum Gasteiger partial charge on any atom is -0.356 e. The molecule has 1 atom stereocenters. The first-order valence-corrected chi connectivity index (χ1v) is 9.00. The lowest BCUT2D eigenvalue weighted by atomic mass is 9.90. The van der Waals surface area contributed by atoms with Crippen molar-refractivity contribution in [3.8, 4) is 0 Å². The van der Waals surface area contributed by atoms with Crippen LogP contribution in [0.3, 0.4) is 0 Å². The molecule has 2 heterocycles. The van der Waals surface area contributed by atoms with Gasteiger partial charge in [-0.2, -0.15) is 0 Å². The molecule has 0 saturated heterocycles. The predicted octanol–water partition coefficient (Wildman–Crippen LogP) is 2.58. The summed E-state index contributed by atoms with van der Waals surface area (Å²) in [6.07, 6.45) is 1.48. The first kappa shape index (κ1) is 16.5. The Morgan fingerprint density at radius 1 is 1.29 bits per heavy atom. The van der Waals surface area contributed by atoms with Crippen molar-refractivity contribution >= 4 is 28.9 Å². The molecule has 2 aromatic rings. The summed E-state index contributed by atoms with van der Waals surface area (Å²) in [6.45, 7) is 1.52. The number of thiophene rings is 1. The van der Waals surface area contributed by atoms with Crippen molar-refractivity contribution in [1.29, 1.82) is 0 Å². The number of amides is 1. The lowest BCUT2D eigenvalue weighted by Gasteiger charge is -2.26. The molecule has 0 saturated carbocycles. The van der Waals surface area contributed by atoms with E-state index >= 15 is 0 Å². The van der Waals surface area contributed by atoms with Crippen molar-refractivity contribution in [3.63, 3.8) is 0 Å². The van der Waals surface area contributed by atoms with Crippen LogP contribution in [-0.2, 0) is 11.2 Å². The standard InChI is InChI=1S/C18H22N4OS/c1-19-18(20-9-8-14-5-4-10-24-14)21-12-13-11-17(23)22-16-7-3-2-6-15(13)16/h2-7,10,13H,8-9,11-12H2,1H3,(H,22,23)(H2,19,20,21). The molecule has 6 heteroatoms. The Kier molecular flexibility index (Phi) is 5.48. The maximum Gasteiger partial charge on any atom is 0.225 e. The van der Waals surface area contributed by atoms with Crippen molar-refractivity contribution in [2.75, 3.05) is 25.5 Å². The fraction of sp³-hybridized carbons (Fsp3) is 0.333. The number of hydrogen-bond donors (Lipinski definition) is 3. The molecule has 0 radical (unpaired) electrons. The van der Waals surface area contributed by atoms with E-state index in [0.29, 0.717) is 13.0 Å². The van der Waals surface area contributed by atoms with Crippen LogP contribution < -0.4 is 16.0 Å². The SMILES string of the molecule is CN=C(NCCc1cccs1)NCC1CC(=O)Nc2ccccc21. The molecule has 0 fully saturated rings. The highest BCUT2D eigenvalue weighted by molar-refractivity contribution is 7.09. The van der Waals surface area contributed by atoms with Gasteiger partial charge in [0.1, 0.15) is 0 Å². The third-order valence-electron chi connectivity index (χ3n) is 4.09. The minimum atomic E-state index is 0.0705. The molecule has 1 amide bonds. The fourth-order valence-corrected chi connectivity index (χ4v) is 3.59. The first-order chi connectivity index (χ1) is 11.8. The van der Waals surface area contributed by atoms with Gasteiger partial charge in [-0.1, -0.05) is 24.3 Å². The number of para-hydroxylation sites is 1. The van der Waals surface area contributed by atoms with Gasteiger partial charge in [0, 0.05) is 43.0 Å². The highest BCUT2D eigenvalue weighted by atomic mass is 32.1. The Bertz CT molecular complexity index is 712. The number of nitrogens with one attached hydrogen (secondary N) is 3. The Hall–Kier alpha value is -2.34. The molecule has 1 aliphatic rings. The zero-order valence-corrected chi connectivity index (χ0v) is 14.5. The van der Waals surface area contributed by atoms with Crippen LogP contribution in [0.15, 0.2) is 46.8 Å². The third-order valence-corrected chi connectivity index (χ3v) is 5.03. The van der Waals surface area contributed by atoms with E-state index in [2.05, 4.69) is 44.5 Å². The molecule has 0 spiro atoms. The molecule has 5 nitrogen and oxygen atoms in total. The summed E-state index contributed by atoms with van der Waals surface area (Å²) in [6, 6.07) is 12.2. The number of guanidine groups is 1. The molecule has 3 N–H and O–H groups in total. The summed E-state index contributed by atoms with van der Waals surface area (Å²) in [5, 5.41) is 11.7. The van der Waals surface area contributed by atoms with E-state index in [1.165, 1.54) is 10.4 Å². The van der Waals surface area contributed by atoms with Crippen LogP contribution in [0.4, 0.5) is 5.69 Å². The lowest BCUT2D eigenvalue weighted by molar-refractivity contribution is -0.116. The van der Waals surface area contributed by atoms with Crippen LogP contribution in [0.1, 0.15) is 22.8 Å². The quantitative estimate of drug-likeness (QED) is 0.578. The lowest BCUT2D eigenvalue weighted by Crippen LogP contribution is -2.41. The van der Waals surface area contributed by atoms with Gasteiger partial charge in [-0.3, -0.25) is 9.79 Å². The van der Waals surface area contributed by atoms with E-state index in [1.807, 2.05) is 18.2 Å². The van der Waals surface area contributed by atoms with Gasteiger partial charge in [-0.25, -0.2) is 0 Å². The monoisotopic (exact) mass is 342 g/mol. The van der Waals surface area contributed by atoms with Crippen LogP contribution in [0.2, 0.25) is 0 Å². The van der Waals surface area contributed by atoms with Crippen molar-refractivity contribution in [2.24, 2.45) is 4.99 Å². The zero-order valence-electron chi connectivity index (χ0n) is 13.7. The minimum absolute atomic E-state index is 0.0705. The first-order valence-electron chi connectivity index (χ1n) is 8.12. The summed E-state index contributed by atoms with van der Waals surface area (Å²) in [4.78, 5) is 17.5. The van der Waals surface area contributed by atoms with Crippen LogP contribution in [0.25, 0.3) is 0 Å². The van der Waals surface area contributed by atoms with Crippen LogP contribution >= 0.6 is 11.3 Å². The van der Waals surface area contributed by atoms with Gasteiger partial charge in [0.25, 0.3) is 0 Å². The number of rotatable bonds is 5.